The van der Waals surface area contributed by atoms with Crippen LogP contribution in [0.25, 0.3) is 0 Å². The van der Waals surface area contributed by atoms with Crippen LogP contribution in [0.15, 0.2) is 77.8 Å². The third-order valence-electron chi connectivity index (χ3n) is 6.99. The van der Waals surface area contributed by atoms with E-state index in [0.717, 1.165) is 29.0 Å². The second kappa shape index (κ2) is 18.0. The molecule has 0 saturated carbocycles. The molecule has 0 aliphatic rings. The van der Waals surface area contributed by atoms with Crippen LogP contribution in [-0.4, -0.2) is 6.21 Å². The average Bonchev–Trinajstić information content (AvgIpc) is 2.97. The lowest BCUT2D eigenvalue weighted by atomic mass is 10.0. The van der Waals surface area contributed by atoms with Gasteiger partial charge in [0.1, 0.15) is 12.4 Å². The fourth-order valence-corrected chi connectivity index (χ4v) is 4.56. The zero-order valence-corrected chi connectivity index (χ0v) is 23.2. The minimum absolute atomic E-state index is 0.477. The molecule has 0 aliphatic carbocycles. The highest BCUT2D eigenvalue weighted by molar-refractivity contribution is 5.82. The molecule has 0 aromatic heterocycles. The Balaban J connectivity index is 1.28. The van der Waals surface area contributed by atoms with Gasteiger partial charge in [-0.1, -0.05) is 102 Å². The fourth-order valence-electron chi connectivity index (χ4n) is 4.56. The van der Waals surface area contributed by atoms with Crippen LogP contribution in [0.1, 0.15) is 106 Å². The summed E-state index contributed by atoms with van der Waals surface area (Å²) < 4.78 is 5.85. The van der Waals surface area contributed by atoms with Crippen molar-refractivity contribution in [3.63, 3.8) is 0 Å². The molecule has 3 heteroatoms. The summed E-state index contributed by atoms with van der Waals surface area (Å²) in [7, 11) is 0. The van der Waals surface area contributed by atoms with Crippen molar-refractivity contribution in [1.82, 2.24) is 0 Å². The molecule has 200 valence electrons. The normalized spacial score (nSPS) is 11.1. The van der Waals surface area contributed by atoms with Crippen LogP contribution in [0.3, 0.4) is 0 Å². The molecule has 0 N–H and O–H groups in total. The third kappa shape index (κ3) is 11.8. The molecule has 0 saturated heterocycles. The minimum Gasteiger partial charge on any atom is -0.489 e. The Morgan fingerprint density at radius 1 is 0.658 bits per heavy atom. The van der Waals surface area contributed by atoms with Crippen LogP contribution in [0.4, 0.5) is 5.69 Å². The van der Waals surface area contributed by atoms with E-state index >= 15 is 0 Å². The van der Waals surface area contributed by atoms with E-state index in [1.165, 1.54) is 82.6 Å². The van der Waals surface area contributed by atoms with E-state index in [0.29, 0.717) is 12.2 Å². The maximum absolute atomic E-state index is 8.89. The van der Waals surface area contributed by atoms with Crippen molar-refractivity contribution in [3.8, 4) is 11.8 Å². The zero-order valence-electron chi connectivity index (χ0n) is 23.2. The SMILES string of the molecule is CCCCCCCCCCCCCCc1ccc(N=Cc2ccc(OCc3ccc(C#N)cc3)cc2)cc1. The van der Waals surface area contributed by atoms with E-state index in [9.17, 15) is 0 Å². The molecular formula is C35H44N2O. The number of nitriles is 1. The summed E-state index contributed by atoms with van der Waals surface area (Å²) in [5.41, 5.74) is 5.11. The molecule has 0 bridgehead atoms. The molecule has 3 aromatic rings. The molecule has 0 atom stereocenters. The Hall–Kier alpha value is -3.38. The molecule has 0 heterocycles. The number of hydrogen-bond acceptors (Lipinski definition) is 3. The van der Waals surface area contributed by atoms with Crippen LogP contribution in [0, 0.1) is 11.3 Å². The molecule has 0 aliphatic heterocycles. The van der Waals surface area contributed by atoms with Gasteiger partial charge in [0.2, 0.25) is 0 Å². The van der Waals surface area contributed by atoms with Gasteiger partial charge in [-0.05, 0) is 78.1 Å². The van der Waals surface area contributed by atoms with Gasteiger partial charge < -0.3 is 4.74 Å². The number of unbranched alkanes of at least 4 members (excludes halogenated alkanes) is 11. The molecule has 0 radical (unpaired) electrons. The first kappa shape index (κ1) is 29.2. The Labute approximate surface area is 230 Å². The quantitative estimate of drug-likeness (QED) is 0.127. The van der Waals surface area contributed by atoms with Gasteiger partial charge in [0.15, 0.2) is 0 Å². The van der Waals surface area contributed by atoms with Crippen molar-refractivity contribution in [1.29, 1.82) is 5.26 Å². The number of benzene rings is 3. The number of rotatable bonds is 18. The van der Waals surface area contributed by atoms with Gasteiger partial charge in [0, 0.05) is 6.21 Å². The summed E-state index contributed by atoms with van der Waals surface area (Å²) in [6, 6.07) is 26.2. The lowest BCUT2D eigenvalue weighted by Crippen LogP contribution is -1.95. The van der Waals surface area contributed by atoms with Gasteiger partial charge in [-0.25, -0.2) is 0 Å². The van der Waals surface area contributed by atoms with E-state index in [-0.39, 0.29) is 0 Å². The lowest BCUT2D eigenvalue weighted by molar-refractivity contribution is 0.306. The van der Waals surface area contributed by atoms with Crippen LogP contribution in [0.2, 0.25) is 0 Å². The summed E-state index contributed by atoms with van der Waals surface area (Å²) in [5, 5.41) is 8.89. The molecule has 0 fully saturated rings. The van der Waals surface area contributed by atoms with Gasteiger partial charge in [0.05, 0.1) is 17.3 Å². The van der Waals surface area contributed by atoms with Gasteiger partial charge in [-0.3, -0.25) is 4.99 Å². The summed E-state index contributed by atoms with van der Waals surface area (Å²) in [5.74, 6) is 0.814. The largest absolute Gasteiger partial charge is 0.489 e. The van der Waals surface area contributed by atoms with Crippen molar-refractivity contribution < 1.29 is 4.74 Å². The number of ether oxygens (including phenoxy) is 1. The first-order valence-corrected chi connectivity index (χ1v) is 14.6. The summed E-state index contributed by atoms with van der Waals surface area (Å²) in [6.07, 6.45) is 19.7. The second-order valence-corrected chi connectivity index (χ2v) is 10.2. The predicted octanol–water partition coefficient (Wildman–Crippen LogP) is 10.1. The lowest BCUT2D eigenvalue weighted by Gasteiger charge is -2.06. The summed E-state index contributed by atoms with van der Waals surface area (Å²) in [6.45, 7) is 2.76. The Morgan fingerprint density at radius 2 is 1.21 bits per heavy atom. The van der Waals surface area contributed by atoms with E-state index in [2.05, 4.69) is 42.3 Å². The van der Waals surface area contributed by atoms with Gasteiger partial charge in [-0.2, -0.15) is 5.26 Å². The topological polar surface area (TPSA) is 45.4 Å². The fraction of sp³-hybridized carbons (Fsp3) is 0.429. The molecule has 3 aromatic carbocycles. The summed E-state index contributed by atoms with van der Waals surface area (Å²) in [4.78, 5) is 4.63. The Bertz CT molecular complexity index is 1090. The third-order valence-corrected chi connectivity index (χ3v) is 6.99. The molecular weight excluding hydrogens is 464 g/mol. The Morgan fingerprint density at radius 3 is 1.79 bits per heavy atom. The molecule has 0 spiro atoms. The number of hydrogen-bond donors (Lipinski definition) is 0. The van der Waals surface area contributed by atoms with Crippen molar-refractivity contribution in [2.45, 2.75) is 97.0 Å². The van der Waals surface area contributed by atoms with Crippen LogP contribution >= 0.6 is 0 Å². The van der Waals surface area contributed by atoms with E-state index in [4.69, 9.17) is 10.00 Å². The smallest absolute Gasteiger partial charge is 0.119 e. The molecule has 38 heavy (non-hydrogen) atoms. The number of aryl methyl sites for hydroxylation is 1. The first-order chi connectivity index (χ1) is 18.8. The second-order valence-electron chi connectivity index (χ2n) is 10.2. The van der Waals surface area contributed by atoms with Gasteiger partial charge >= 0.3 is 0 Å². The molecule has 3 rings (SSSR count). The summed E-state index contributed by atoms with van der Waals surface area (Å²) >= 11 is 0. The van der Waals surface area contributed by atoms with Crippen LogP contribution in [0.5, 0.6) is 5.75 Å². The first-order valence-electron chi connectivity index (χ1n) is 14.6. The highest BCUT2D eigenvalue weighted by atomic mass is 16.5. The van der Waals surface area contributed by atoms with Gasteiger partial charge in [0.25, 0.3) is 0 Å². The van der Waals surface area contributed by atoms with E-state index < -0.39 is 0 Å². The van der Waals surface area contributed by atoms with Crippen molar-refractivity contribution in [3.05, 3.63) is 95.1 Å². The highest BCUT2D eigenvalue weighted by Gasteiger charge is 1.99. The van der Waals surface area contributed by atoms with Crippen molar-refractivity contribution in [2.75, 3.05) is 0 Å². The molecule has 0 unspecified atom stereocenters. The van der Waals surface area contributed by atoms with Crippen LogP contribution < -0.4 is 4.74 Å². The van der Waals surface area contributed by atoms with Crippen molar-refractivity contribution in [2.24, 2.45) is 4.99 Å². The van der Waals surface area contributed by atoms with Crippen LogP contribution in [-0.2, 0) is 13.0 Å². The highest BCUT2D eigenvalue weighted by Crippen LogP contribution is 2.18. The van der Waals surface area contributed by atoms with Gasteiger partial charge in [-0.15, -0.1) is 0 Å². The van der Waals surface area contributed by atoms with Crippen molar-refractivity contribution >= 4 is 11.9 Å². The molecule has 3 nitrogen and oxygen atoms in total. The monoisotopic (exact) mass is 508 g/mol. The number of aliphatic imine (C=N–C) groups is 1. The number of nitrogens with zero attached hydrogens (tertiary/aromatic N) is 2. The standard InChI is InChI=1S/C35H44N2O/c1-2-3-4-5-6-7-8-9-10-11-12-13-14-30-19-23-34(24-20-30)37-28-32-21-25-35(26-22-32)38-29-33-17-15-31(27-36)16-18-33/h15-26,28H,2-14,29H2,1H3. The molecule has 0 amide bonds. The Kier molecular flexibility index (Phi) is 13.8. The predicted molar refractivity (Wildman–Crippen MR) is 160 cm³/mol. The van der Waals surface area contributed by atoms with E-state index in [1.807, 2.05) is 54.7 Å². The zero-order chi connectivity index (χ0) is 26.7. The maximum Gasteiger partial charge on any atom is 0.119 e. The average molecular weight is 509 g/mol. The van der Waals surface area contributed by atoms with E-state index in [1.54, 1.807) is 0 Å². The minimum atomic E-state index is 0.477. The maximum atomic E-state index is 8.89.